The van der Waals surface area contributed by atoms with Crippen molar-refractivity contribution >= 4 is 16.0 Å². The quantitative estimate of drug-likeness (QED) is 0.691. The first-order chi connectivity index (χ1) is 8.70. The fraction of sp³-hybridized carbons (Fsp3) is 0.833. The van der Waals surface area contributed by atoms with Gasteiger partial charge in [0.15, 0.2) is 0 Å². The van der Waals surface area contributed by atoms with Crippen molar-refractivity contribution < 1.29 is 18.3 Å². The van der Waals surface area contributed by atoms with Gasteiger partial charge in [0.2, 0.25) is 10.0 Å². The van der Waals surface area contributed by atoms with Crippen LogP contribution in [0.15, 0.2) is 0 Å². The van der Waals surface area contributed by atoms with Gasteiger partial charge >= 0.3 is 5.97 Å². The summed E-state index contributed by atoms with van der Waals surface area (Å²) in [5.41, 5.74) is -0.747. The Morgan fingerprint density at radius 3 is 2.42 bits per heavy atom. The van der Waals surface area contributed by atoms with E-state index in [0.717, 1.165) is 0 Å². The van der Waals surface area contributed by atoms with E-state index in [9.17, 15) is 13.2 Å². The van der Waals surface area contributed by atoms with Crippen LogP contribution in [0.4, 0.5) is 0 Å². The van der Waals surface area contributed by atoms with Crippen molar-refractivity contribution in [2.24, 2.45) is 17.3 Å². The molecule has 1 saturated carbocycles. The van der Waals surface area contributed by atoms with Crippen LogP contribution in [0.1, 0.15) is 33.1 Å². The Kier molecular flexibility index (Phi) is 4.93. The Hall–Kier alpha value is -1.13. The van der Waals surface area contributed by atoms with Crippen molar-refractivity contribution in [1.82, 2.24) is 4.72 Å². The molecule has 19 heavy (non-hydrogen) atoms. The van der Waals surface area contributed by atoms with Crippen LogP contribution in [-0.2, 0) is 14.8 Å². The molecule has 0 aromatic heterocycles. The second-order valence-corrected chi connectivity index (χ2v) is 7.47. The maximum absolute atomic E-state index is 11.8. The molecule has 1 aliphatic rings. The Bertz CT molecular complexity index is 474. The molecule has 1 unspecified atom stereocenters. The minimum atomic E-state index is -3.59. The van der Waals surface area contributed by atoms with Crippen molar-refractivity contribution in [3.05, 3.63) is 0 Å². The number of nitrogens with one attached hydrogen (secondary N) is 1. The predicted octanol–water partition coefficient (Wildman–Crippen LogP) is 0.956. The van der Waals surface area contributed by atoms with Gasteiger partial charge < -0.3 is 5.11 Å². The second-order valence-electron chi connectivity index (χ2n) is 5.66. The summed E-state index contributed by atoms with van der Waals surface area (Å²) in [6, 6.07) is 2.02. The van der Waals surface area contributed by atoms with E-state index in [0.29, 0.717) is 19.3 Å². The van der Waals surface area contributed by atoms with Crippen LogP contribution in [0, 0.1) is 28.6 Å². The molecule has 0 amide bonds. The first kappa shape index (κ1) is 15.9. The van der Waals surface area contributed by atoms with Gasteiger partial charge in [-0.15, -0.1) is 0 Å². The van der Waals surface area contributed by atoms with Crippen LogP contribution in [-0.4, -0.2) is 31.8 Å². The number of aliphatic carboxylic acids is 1. The zero-order valence-corrected chi connectivity index (χ0v) is 12.0. The lowest BCUT2D eigenvalue weighted by Crippen LogP contribution is -2.36. The maximum atomic E-state index is 11.8. The molecule has 0 aromatic carbocycles. The van der Waals surface area contributed by atoms with E-state index in [4.69, 9.17) is 10.4 Å². The summed E-state index contributed by atoms with van der Waals surface area (Å²) in [6.07, 6.45) is 1.61. The number of carboxylic acid groups (broad SMARTS) is 1. The third-order valence-electron chi connectivity index (χ3n) is 3.21. The molecule has 6 nitrogen and oxygen atoms in total. The molecule has 0 aliphatic heterocycles. The number of hydrogen-bond donors (Lipinski definition) is 2. The smallest absolute Gasteiger partial charge is 0.307 e. The molecule has 1 aliphatic carbocycles. The van der Waals surface area contributed by atoms with Gasteiger partial charge in [-0.05, 0) is 25.2 Å². The van der Waals surface area contributed by atoms with E-state index in [1.54, 1.807) is 0 Å². The van der Waals surface area contributed by atoms with Gasteiger partial charge in [0.1, 0.15) is 0 Å². The molecule has 7 heteroatoms. The van der Waals surface area contributed by atoms with E-state index in [-0.39, 0.29) is 18.2 Å². The third-order valence-corrected chi connectivity index (χ3v) is 4.75. The molecule has 1 rings (SSSR count). The number of nitriles is 1. The van der Waals surface area contributed by atoms with Crippen LogP contribution in [0.5, 0.6) is 0 Å². The molecule has 2 N–H and O–H groups in total. The first-order valence-electron chi connectivity index (χ1n) is 6.31. The average molecular weight is 288 g/mol. The summed E-state index contributed by atoms with van der Waals surface area (Å²) in [6.45, 7) is 3.66. The van der Waals surface area contributed by atoms with Crippen LogP contribution < -0.4 is 4.72 Å². The topological polar surface area (TPSA) is 107 Å². The van der Waals surface area contributed by atoms with E-state index in [2.05, 4.69) is 4.72 Å². The summed E-state index contributed by atoms with van der Waals surface area (Å²) in [5, 5.41) is 17.9. The van der Waals surface area contributed by atoms with Crippen molar-refractivity contribution in [1.29, 1.82) is 5.26 Å². The fourth-order valence-electron chi connectivity index (χ4n) is 1.92. The summed E-state index contributed by atoms with van der Waals surface area (Å²) in [7, 11) is -3.59. The minimum Gasteiger partial charge on any atom is -0.481 e. The molecule has 0 bridgehead atoms. The molecular formula is C12H20N2O4S. The Morgan fingerprint density at radius 1 is 1.47 bits per heavy atom. The Labute approximate surface area is 113 Å². The van der Waals surface area contributed by atoms with E-state index in [1.165, 1.54) is 0 Å². The Balaban J connectivity index is 2.54. The van der Waals surface area contributed by atoms with Crippen LogP contribution in [0.2, 0.25) is 0 Å². The highest BCUT2D eigenvalue weighted by Gasteiger charge is 2.46. The SMILES string of the molecule is CC(C)CC(CNS(=O)(=O)CC1(C#N)CC1)C(=O)O. The molecule has 1 fully saturated rings. The van der Waals surface area contributed by atoms with Gasteiger partial charge in [0.25, 0.3) is 0 Å². The molecule has 1 atom stereocenters. The normalized spacial score (nSPS) is 18.8. The van der Waals surface area contributed by atoms with Gasteiger partial charge in [-0.1, -0.05) is 13.8 Å². The number of sulfonamides is 1. The number of rotatable bonds is 8. The Morgan fingerprint density at radius 2 is 2.05 bits per heavy atom. The van der Waals surface area contributed by atoms with E-state index in [1.807, 2.05) is 19.9 Å². The third kappa shape index (κ3) is 5.17. The number of carbonyl (C=O) groups is 1. The van der Waals surface area contributed by atoms with Crippen molar-refractivity contribution in [2.75, 3.05) is 12.3 Å². The lowest BCUT2D eigenvalue weighted by atomic mass is 9.98. The van der Waals surface area contributed by atoms with Crippen molar-refractivity contribution in [3.63, 3.8) is 0 Å². The predicted molar refractivity (Wildman–Crippen MR) is 69.7 cm³/mol. The largest absolute Gasteiger partial charge is 0.481 e. The summed E-state index contributed by atoms with van der Waals surface area (Å²) < 4.78 is 25.9. The monoisotopic (exact) mass is 288 g/mol. The molecule has 0 heterocycles. The number of hydrogen-bond acceptors (Lipinski definition) is 4. The minimum absolute atomic E-state index is 0.114. The fourth-order valence-corrected chi connectivity index (χ4v) is 3.56. The molecule has 0 spiro atoms. The lowest BCUT2D eigenvalue weighted by molar-refractivity contribution is -0.142. The maximum Gasteiger partial charge on any atom is 0.307 e. The molecular weight excluding hydrogens is 268 g/mol. The molecule has 108 valence electrons. The van der Waals surface area contributed by atoms with Crippen LogP contribution in [0.3, 0.4) is 0 Å². The van der Waals surface area contributed by atoms with Gasteiger partial charge in [0.05, 0.1) is 23.2 Å². The molecule has 0 radical (unpaired) electrons. The van der Waals surface area contributed by atoms with E-state index < -0.39 is 27.3 Å². The standard InChI is InChI=1S/C12H20N2O4S/c1-9(2)5-10(11(15)16)6-14-19(17,18)8-12(7-13)3-4-12/h9-10,14H,3-6,8H2,1-2H3,(H,15,16). The second kappa shape index (κ2) is 5.88. The van der Waals surface area contributed by atoms with Gasteiger partial charge in [-0.25, -0.2) is 13.1 Å². The van der Waals surface area contributed by atoms with Gasteiger partial charge in [-0.2, -0.15) is 5.26 Å². The van der Waals surface area contributed by atoms with Crippen LogP contribution >= 0.6 is 0 Å². The zero-order chi connectivity index (χ0) is 14.7. The summed E-state index contributed by atoms with van der Waals surface area (Å²) >= 11 is 0. The number of carboxylic acids is 1. The highest BCUT2D eigenvalue weighted by atomic mass is 32.2. The highest BCUT2D eigenvalue weighted by molar-refractivity contribution is 7.89. The highest BCUT2D eigenvalue weighted by Crippen LogP contribution is 2.45. The van der Waals surface area contributed by atoms with Gasteiger partial charge in [0, 0.05) is 6.54 Å². The average Bonchev–Trinajstić information content (AvgIpc) is 3.03. The summed E-state index contributed by atoms with van der Waals surface area (Å²) in [5.74, 6) is -1.78. The number of nitrogens with zero attached hydrogens (tertiary/aromatic N) is 1. The zero-order valence-electron chi connectivity index (χ0n) is 11.2. The molecule has 0 saturated heterocycles. The van der Waals surface area contributed by atoms with Crippen molar-refractivity contribution in [3.8, 4) is 6.07 Å². The van der Waals surface area contributed by atoms with E-state index >= 15 is 0 Å². The van der Waals surface area contributed by atoms with Crippen LogP contribution in [0.25, 0.3) is 0 Å². The lowest BCUT2D eigenvalue weighted by Gasteiger charge is -2.16. The first-order valence-corrected chi connectivity index (χ1v) is 7.96. The molecule has 0 aromatic rings. The van der Waals surface area contributed by atoms with Crippen molar-refractivity contribution in [2.45, 2.75) is 33.1 Å². The summed E-state index contributed by atoms with van der Waals surface area (Å²) in [4.78, 5) is 11.0. The van der Waals surface area contributed by atoms with Gasteiger partial charge in [-0.3, -0.25) is 4.79 Å².